The fourth-order valence-corrected chi connectivity index (χ4v) is 5.61. The molecule has 1 N–H and O–H groups in total. The molecule has 2 aromatic carbocycles. The van der Waals surface area contributed by atoms with E-state index in [0.29, 0.717) is 22.9 Å². The van der Waals surface area contributed by atoms with Crippen LogP contribution in [0.1, 0.15) is 43.3 Å². The molecule has 1 atom stereocenters. The first-order valence-electron chi connectivity index (χ1n) is 14.1. The van der Waals surface area contributed by atoms with E-state index in [1.54, 1.807) is 12.1 Å². The van der Waals surface area contributed by atoms with Crippen LogP contribution in [0.3, 0.4) is 0 Å². The lowest BCUT2D eigenvalue weighted by atomic mass is 10.1. The van der Waals surface area contributed by atoms with Gasteiger partial charge in [0.15, 0.2) is 0 Å². The van der Waals surface area contributed by atoms with Gasteiger partial charge in [-0.2, -0.15) is 0 Å². The van der Waals surface area contributed by atoms with E-state index in [9.17, 15) is 9.18 Å². The quantitative estimate of drug-likeness (QED) is 0.279. The number of carbonyl (C=O) groups is 1. The molecule has 2 fully saturated rings. The normalized spacial score (nSPS) is 17.9. The van der Waals surface area contributed by atoms with Gasteiger partial charge < -0.3 is 19.4 Å². The third kappa shape index (κ3) is 6.69. The maximum absolute atomic E-state index is 14.3. The number of fused-ring (bicyclic) bond motifs is 1. The Bertz CT molecular complexity index is 1550. The van der Waals surface area contributed by atoms with Crippen molar-refractivity contribution in [2.24, 2.45) is 0 Å². The molecule has 10 heteroatoms. The van der Waals surface area contributed by atoms with E-state index in [4.69, 9.17) is 26.1 Å². The molecule has 4 heterocycles. The summed E-state index contributed by atoms with van der Waals surface area (Å²) in [5.41, 5.74) is 3.98. The van der Waals surface area contributed by atoms with E-state index in [0.717, 1.165) is 80.3 Å². The van der Waals surface area contributed by atoms with Crippen LogP contribution in [-0.4, -0.2) is 57.2 Å². The fourth-order valence-electron chi connectivity index (χ4n) is 5.45. The Morgan fingerprint density at radius 2 is 1.95 bits per heavy atom. The number of carbonyl (C=O) groups excluding carboxylic acids is 1. The zero-order valence-corrected chi connectivity index (χ0v) is 23.7. The average molecular weight is 578 g/mol. The second kappa shape index (κ2) is 12.1. The van der Waals surface area contributed by atoms with Crippen LogP contribution in [0.15, 0.2) is 54.6 Å². The van der Waals surface area contributed by atoms with Crippen molar-refractivity contribution < 1.29 is 18.7 Å². The molecular weight excluding hydrogens is 545 g/mol. The van der Waals surface area contributed by atoms with E-state index in [1.807, 2.05) is 36.4 Å². The monoisotopic (exact) mass is 577 g/mol. The Labute approximate surface area is 243 Å². The Balaban J connectivity index is 1.09. The van der Waals surface area contributed by atoms with E-state index in [2.05, 4.69) is 19.8 Å². The number of amides is 1. The zero-order chi connectivity index (χ0) is 28.3. The molecule has 6 rings (SSSR count). The Kier molecular flexibility index (Phi) is 8.18. The van der Waals surface area contributed by atoms with Crippen LogP contribution < -0.4 is 10.1 Å². The minimum absolute atomic E-state index is 0.0590. The van der Waals surface area contributed by atoms with Gasteiger partial charge in [-0.3, -0.25) is 9.69 Å². The second-order valence-corrected chi connectivity index (χ2v) is 11.2. The highest BCUT2D eigenvalue weighted by molar-refractivity contribution is 6.30. The molecule has 2 aromatic heterocycles. The number of benzene rings is 2. The number of ether oxygens (including phenoxy) is 2. The first-order chi connectivity index (χ1) is 19.9. The van der Waals surface area contributed by atoms with Gasteiger partial charge in [-0.1, -0.05) is 23.7 Å². The van der Waals surface area contributed by atoms with Crippen LogP contribution in [0.25, 0.3) is 11.0 Å². The topological polar surface area (TPSA) is 81.5 Å². The Morgan fingerprint density at radius 1 is 1.12 bits per heavy atom. The summed E-state index contributed by atoms with van der Waals surface area (Å²) in [6.07, 6.45) is 3.40. The van der Waals surface area contributed by atoms with Crippen LogP contribution in [0.2, 0.25) is 5.02 Å². The highest BCUT2D eigenvalue weighted by Crippen LogP contribution is 2.26. The van der Waals surface area contributed by atoms with Crippen LogP contribution in [0.4, 0.5) is 10.1 Å². The van der Waals surface area contributed by atoms with E-state index < -0.39 is 0 Å². The molecule has 1 amide bonds. The van der Waals surface area contributed by atoms with Crippen molar-refractivity contribution in [3.63, 3.8) is 0 Å². The SMILES string of the molecule is CC(=O)Nc1ccc2nc(CN3CCC(Oc4cccc(Cc5ccc(Cl)cc5F)n4)CC3)n(C[C@@H]3CCO3)c2c1. The standard InChI is InChI=1S/C31H33ClFN5O3/c1-20(39)34-24-7-8-28-29(17-24)38(18-26-11-14-40-26)30(36-28)19-37-12-9-25(10-13-37)41-31-4-2-3-23(35-31)15-21-5-6-22(32)16-27(21)33/h2-8,16-17,25-26H,9-15,18-19H2,1H3,(H,34,39)/t26-/m0/s1. The molecule has 214 valence electrons. The molecule has 0 radical (unpaired) electrons. The smallest absolute Gasteiger partial charge is 0.221 e. The molecule has 0 unspecified atom stereocenters. The summed E-state index contributed by atoms with van der Waals surface area (Å²) in [4.78, 5) is 23.6. The summed E-state index contributed by atoms with van der Waals surface area (Å²) in [5, 5.41) is 3.26. The molecule has 2 aliphatic rings. The number of rotatable bonds is 9. The van der Waals surface area contributed by atoms with Crippen molar-refractivity contribution in [1.82, 2.24) is 19.4 Å². The van der Waals surface area contributed by atoms with Gasteiger partial charge >= 0.3 is 0 Å². The predicted octanol–water partition coefficient (Wildman–Crippen LogP) is 5.61. The van der Waals surface area contributed by atoms with E-state index >= 15 is 0 Å². The number of pyridine rings is 1. The molecular formula is C31H33ClFN5O3. The fraction of sp³-hybridized carbons (Fsp3) is 0.387. The number of piperidine rings is 1. The highest BCUT2D eigenvalue weighted by atomic mass is 35.5. The number of nitrogens with one attached hydrogen (secondary N) is 1. The lowest BCUT2D eigenvalue weighted by molar-refractivity contribution is -0.114. The van der Waals surface area contributed by atoms with Gasteiger partial charge in [0.05, 0.1) is 30.2 Å². The lowest BCUT2D eigenvalue weighted by Gasteiger charge is -2.32. The number of likely N-dealkylation sites (tertiary alicyclic amines) is 1. The Morgan fingerprint density at radius 3 is 2.68 bits per heavy atom. The predicted molar refractivity (Wildman–Crippen MR) is 156 cm³/mol. The van der Waals surface area contributed by atoms with Gasteiger partial charge in [-0.15, -0.1) is 0 Å². The van der Waals surface area contributed by atoms with Crippen LogP contribution in [0.5, 0.6) is 5.88 Å². The number of imidazole rings is 1. The summed E-state index contributed by atoms with van der Waals surface area (Å²) in [7, 11) is 0. The van der Waals surface area contributed by atoms with E-state index in [-0.39, 0.29) is 23.9 Å². The molecule has 0 aliphatic carbocycles. The van der Waals surface area contributed by atoms with Gasteiger partial charge in [0.1, 0.15) is 17.7 Å². The summed E-state index contributed by atoms with van der Waals surface area (Å²) < 4.78 is 28.5. The first-order valence-corrected chi connectivity index (χ1v) is 14.4. The van der Waals surface area contributed by atoms with Gasteiger partial charge in [-0.05, 0) is 61.2 Å². The summed E-state index contributed by atoms with van der Waals surface area (Å²) in [5.74, 6) is 1.13. The number of aromatic nitrogens is 3. The van der Waals surface area contributed by atoms with Crippen molar-refractivity contribution in [3.05, 3.63) is 82.5 Å². The maximum Gasteiger partial charge on any atom is 0.221 e. The van der Waals surface area contributed by atoms with Gasteiger partial charge in [-0.25, -0.2) is 14.4 Å². The molecule has 0 spiro atoms. The molecule has 41 heavy (non-hydrogen) atoms. The van der Waals surface area contributed by atoms with Crippen molar-refractivity contribution in [2.45, 2.75) is 57.9 Å². The molecule has 0 saturated carbocycles. The highest BCUT2D eigenvalue weighted by Gasteiger charge is 2.25. The van der Waals surface area contributed by atoms with Crippen LogP contribution in [-0.2, 0) is 29.0 Å². The van der Waals surface area contributed by atoms with Crippen molar-refractivity contribution in [2.75, 3.05) is 25.0 Å². The van der Waals surface area contributed by atoms with Crippen LogP contribution in [0, 0.1) is 5.82 Å². The maximum atomic E-state index is 14.3. The molecule has 0 bridgehead atoms. The van der Waals surface area contributed by atoms with Crippen LogP contribution >= 0.6 is 11.6 Å². The summed E-state index contributed by atoms with van der Waals surface area (Å²) >= 11 is 5.88. The van der Waals surface area contributed by atoms with Gasteiger partial charge in [0, 0.05) is 55.5 Å². The first kappa shape index (κ1) is 27.6. The largest absolute Gasteiger partial charge is 0.474 e. The zero-order valence-electron chi connectivity index (χ0n) is 23.0. The minimum atomic E-state index is -0.333. The number of halogens is 2. The molecule has 8 nitrogen and oxygen atoms in total. The minimum Gasteiger partial charge on any atom is -0.474 e. The van der Waals surface area contributed by atoms with Crippen molar-refractivity contribution in [1.29, 1.82) is 0 Å². The van der Waals surface area contributed by atoms with Crippen molar-refractivity contribution in [3.8, 4) is 5.88 Å². The van der Waals surface area contributed by atoms with Gasteiger partial charge in [0.2, 0.25) is 11.8 Å². The molecule has 4 aromatic rings. The summed E-state index contributed by atoms with van der Waals surface area (Å²) in [6, 6.07) is 16.2. The third-order valence-electron chi connectivity index (χ3n) is 7.68. The second-order valence-electron chi connectivity index (χ2n) is 10.8. The lowest BCUT2D eigenvalue weighted by Crippen LogP contribution is -2.39. The molecule has 2 saturated heterocycles. The van der Waals surface area contributed by atoms with Gasteiger partial charge in [0.25, 0.3) is 0 Å². The number of hydrogen-bond acceptors (Lipinski definition) is 6. The summed E-state index contributed by atoms with van der Waals surface area (Å²) in [6.45, 7) is 5.53. The molecule has 2 aliphatic heterocycles. The Hall–Kier alpha value is -3.53. The average Bonchev–Trinajstić information content (AvgIpc) is 3.25. The number of anilines is 1. The number of nitrogens with zero attached hydrogens (tertiary/aromatic N) is 4. The van der Waals surface area contributed by atoms with Crippen molar-refractivity contribution >= 4 is 34.2 Å². The van der Waals surface area contributed by atoms with E-state index in [1.165, 1.54) is 13.0 Å². The number of hydrogen-bond donors (Lipinski definition) is 1. The third-order valence-corrected chi connectivity index (χ3v) is 7.92.